The van der Waals surface area contributed by atoms with Crippen molar-refractivity contribution < 1.29 is 9.26 Å². The molecule has 0 aliphatic heterocycles. The summed E-state index contributed by atoms with van der Waals surface area (Å²) < 4.78 is 11.1. The van der Waals surface area contributed by atoms with Crippen molar-refractivity contribution in [1.82, 2.24) is 10.1 Å². The highest BCUT2D eigenvalue weighted by atomic mass is 16.5. The predicted molar refractivity (Wildman–Crippen MR) is 102 cm³/mol. The molecule has 0 unspecified atom stereocenters. The molecule has 0 radical (unpaired) electrons. The van der Waals surface area contributed by atoms with E-state index in [0.29, 0.717) is 30.5 Å². The Balaban J connectivity index is 1.55. The molecule has 6 heteroatoms. The van der Waals surface area contributed by atoms with Crippen molar-refractivity contribution in [1.29, 1.82) is 5.26 Å². The molecule has 0 aliphatic carbocycles. The van der Waals surface area contributed by atoms with Crippen LogP contribution in [0.1, 0.15) is 36.7 Å². The third-order valence-electron chi connectivity index (χ3n) is 3.84. The molecule has 0 bridgehead atoms. The molecule has 2 aromatic carbocycles. The van der Waals surface area contributed by atoms with Crippen LogP contribution >= 0.6 is 0 Å². The van der Waals surface area contributed by atoms with E-state index in [1.54, 1.807) is 6.07 Å². The van der Waals surface area contributed by atoms with Crippen LogP contribution in [0.25, 0.3) is 0 Å². The molecule has 0 fully saturated rings. The number of ether oxygens (including phenoxy) is 1. The molecular weight excluding hydrogens is 340 g/mol. The number of nitrogens with zero attached hydrogens (tertiary/aromatic N) is 3. The van der Waals surface area contributed by atoms with Crippen molar-refractivity contribution in [2.45, 2.75) is 33.4 Å². The average molecular weight is 362 g/mol. The minimum Gasteiger partial charge on any atom is -0.489 e. The summed E-state index contributed by atoms with van der Waals surface area (Å²) in [7, 11) is 0. The standard InChI is InChI=1S/C21H22N4O2/c1-15(2)9-20-24-21(27-25-20)13-23-18-7-4-8-19(11-18)26-14-17-6-3-5-16(10-17)12-22/h3-8,10-11,15,23H,9,13-14H2,1-2H3. The van der Waals surface area contributed by atoms with Crippen molar-refractivity contribution in [3.8, 4) is 11.8 Å². The zero-order chi connectivity index (χ0) is 19.1. The zero-order valence-corrected chi connectivity index (χ0v) is 15.5. The number of rotatable bonds is 8. The fraction of sp³-hybridized carbons (Fsp3) is 0.286. The third kappa shape index (κ3) is 5.58. The predicted octanol–water partition coefficient (Wildman–Crippen LogP) is 4.33. The molecule has 0 atom stereocenters. The van der Waals surface area contributed by atoms with Crippen molar-refractivity contribution in [2.24, 2.45) is 5.92 Å². The highest BCUT2D eigenvalue weighted by Crippen LogP contribution is 2.19. The first-order chi connectivity index (χ1) is 13.1. The lowest BCUT2D eigenvalue weighted by Gasteiger charge is -2.09. The van der Waals surface area contributed by atoms with Crippen molar-refractivity contribution in [3.05, 3.63) is 71.4 Å². The monoisotopic (exact) mass is 362 g/mol. The van der Waals surface area contributed by atoms with Crippen LogP contribution in [-0.2, 0) is 19.6 Å². The second-order valence-corrected chi connectivity index (χ2v) is 6.68. The zero-order valence-electron chi connectivity index (χ0n) is 15.5. The van der Waals surface area contributed by atoms with E-state index in [1.807, 2.05) is 42.5 Å². The lowest BCUT2D eigenvalue weighted by atomic mass is 10.1. The van der Waals surface area contributed by atoms with Gasteiger partial charge in [-0.15, -0.1) is 0 Å². The molecule has 3 aromatic rings. The summed E-state index contributed by atoms with van der Waals surface area (Å²) in [5, 5.41) is 16.2. The second kappa shape index (κ2) is 8.86. The van der Waals surface area contributed by atoms with Gasteiger partial charge in [-0.05, 0) is 35.7 Å². The fourth-order valence-electron chi connectivity index (χ4n) is 2.58. The van der Waals surface area contributed by atoms with E-state index in [9.17, 15) is 0 Å². The Kier molecular flexibility index (Phi) is 6.06. The number of anilines is 1. The maximum atomic E-state index is 8.96. The molecular formula is C21H22N4O2. The normalized spacial score (nSPS) is 10.6. The maximum Gasteiger partial charge on any atom is 0.245 e. The first-order valence-corrected chi connectivity index (χ1v) is 8.89. The van der Waals surface area contributed by atoms with Crippen LogP contribution in [0.3, 0.4) is 0 Å². The van der Waals surface area contributed by atoms with Gasteiger partial charge in [-0.1, -0.05) is 37.2 Å². The van der Waals surface area contributed by atoms with E-state index >= 15 is 0 Å². The number of nitrogens with one attached hydrogen (secondary N) is 1. The highest BCUT2D eigenvalue weighted by molar-refractivity contribution is 5.48. The SMILES string of the molecule is CC(C)Cc1noc(CNc2cccc(OCc3cccc(C#N)c3)c2)n1. The van der Waals surface area contributed by atoms with Crippen LogP contribution in [0.15, 0.2) is 53.1 Å². The van der Waals surface area contributed by atoms with Crippen LogP contribution in [0.2, 0.25) is 0 Å². The molecule has 138 valence electrons. The summed E-state index contributed by atoms with van der Waals surface area (Å²) >= 11 is 0. The topological polar surface area (TPSA) is 84.0 Å². The van der Waals surface area contributed by atoms with Gasteiger partial charge in [-0.25, -0.2) is 0 Å². The lowest BCUT2D eigenvalue weighted by Crippen LogP contribution is -2.01. The summed E-state index contributed by atoms with van der Waals surface area (Å²) in [4.78, 5) is 4.38. The van der Waals surface area contributed by atoms with Crippen LogP contribution in [0, 0.1) is 17.2 Å². The van der Waals surface area contributed by atoms with Gasteiger partial charge >= 0.3 is 0 Å². The first-order valence-electron chi connectivity index (χ1n) is 8.89. The Morgan fingerprint density at radius 2 is 2.04 bits per heavy atom. The fourth-order valence-corrected chi connectivity index (χ4v) is 2.58. The lowest BCUT2D eigenvalue weighted by molar-refractivity contribution is 0.306. The third-order valence-corrected chi connectivity index (χ3v) is 3.84. The van der Waals surface area contributed by atoms with E-state index < -0.39 is 0 Å². The Hall–Kier alpha value is -3.33. The molecule has 6 nitrogen and oxygen atoms in total. The number of hydrogen-bond acceptors (Lipinski definition) is 6. The van der Waals surface area contributed by atoms with Crippen LogP contribution in [0.4, 0.5) is 5.69 Å². The van der Waals surface area contributed by atoms with E-state index in [-0.39, 0.29) is 0 Å². The van der Waals surface area contributed by atoms with Gasteiger partial charge in [-0.2, -0.15) is 10.2 Å². The summed E-state index contributed by atoms with van der Waals surface area (Å²) in [5.41, 5.74) is 2.49. The van der Waals surface area contributed by atoms with Gasteiger partial charge < -0.3 is 14.6 Å². The average Bonchev–Trinajstić information content (AvgIpc) is 3.12. The summed E-state index contributed by atoms with van der Waals surface area (Å²) in [6, 6.07) is 17.2. The Bertz CT molecular complexity index is 928. The number of aromatic nitrogens is 2. The van der Waals surface area contributed by atoms with Gasteiger partial charge in [0.05, 0.1) is 18.2 Å². The Morgan fingerprint density at radius 1 is 1.19 bits per heavy atom. The molecule has 0 aliphatic rings. The Labute approximate surface area is 158 Å². The van der Waals surface area contributed by atoms with E-state index in [4.69, 9.17) is 14.5 Å². The van der Waals surface area contributed by atoms with E-state index in [0.717, 1.165) is 29.2 Å². The molecule has 0 saturated carbocycles. The summed E-state index contributed by atoms with van der Waals surface area (Å²) in [6.07, 6.45) is 0.805. The van der Waals surface area contributed by atoms with Crippen molar-refractivity contribution in [3.63, 3.8) is 0 Å². The highest BCUT2D eigenvalue weighted by Gasteiger charge is 2.08. The van der Waals surface area contributed by atoms with Gasteiger partial charge in [0.15, 0.2) is 5.82 Å². The largest absolute Gasteiger partial charge is 0.489 e. The molecule has 27 heavy (non-hydrogen) atoms. The molecule has 1 N–H and O–H groups in total. The smallest absolute Gasteiger partial charge is 0.245 e. The summed E-state index contributed by atoms with van der Waals surface area (Å²) in [6.45, 7) is 5.10. The van der Waals surface area contributed by atoms with Gasteiger partial charge in [0.2, 0.25) is 5.89 Å². The van der Waals surface area contributed by atoms with E-state index in [2.05, 4.69) is 35.4 Å². The molecule has 0 amide bonds. The number of benzene rings is 2. The Morgan fingerprint density at radius 3 is 2.85 bits per heavy atom. The quantitative estimate of drug-likeness (QED) is 0.642. The van der Waals surface area contributed by atoms with Crippen LogP contribution in [-0.4, -0.2) is 10.1 Å². The van der Waals surface area contributed by atoms with Crippen molar-refractivity contribution in [2.75, 3.05) is 5.32 Å². The van der Waals surface area contributed by atoms with Gasteiger partial charge in [0.25, 0.3) is 0 Å². The minimum atomic E-state index is 0.404. The number of nitriles is 1. The molecule has 3 rings (SSSR count). The second-order valence-electron chi connectivity index (χ2n) is 6.68. The van der Waals surface area contributed by atoms with Gasteiger partial charge in [-0.3, -0.25) is 0 Å². The van der Waals surface area contributed by atoms with Crippen LogP contribution in [0.5, 0.6) is 5.75 Å². The van der Waals surface area contributed by atoms with E-state index in [1.165, 1.54) is 0 Å². The molecule has 1 heterocycles. The summed E-state index contributed by atoms with van der Waals surface area (Å²) in [5.74, 6) is 2.53. The van der Waals surface area contributed by atoms with Gasteiger partial charge in [0.1, 0.15) is 12.4 Å². The van der Waals surface area contributed by atoms with Crippen LogP contribution < -0.4 is 10.1 Å². The number of hydrogen-bond donors (Lipinski definition) is 1. The van der Waals surface area contributed by atoms with Crippen molar-refractivity contribution >= 4 is 5.69 Å². The molecule has 0 spiro atoms. The molecule has 1 aromatic heterocycles. The maximum absolute atomic E-state index is 8.96. The first kappa shape index (κ1) is 18.5. The minimum absolute atomic E-state index is 0.404. The molecule has 0 saturated heterocycles. The van der Waals surface area contributed by atoms with Gasteiger partial charge in [0, 0.05) is 18.2 Å².